The summed E-state index contributed by atoms with van der Waals surface area (Å²) in [5.74, 6) is 0. The van der Waals surface area contributed by atoms with E-state index in [2.05, 4.69) is 4.72 Å². The van der Waals surface area contributed by atoms with E-state index in [9.17, 15) is 8.42 Å². The molecule has 0 aliphatic carbocycles. The quantitative estimate of drug-likeness (QED) is 0.840. The Labute approximate surface area is 108 Å². The molecule has 0 bridgehead atoms. The van der Waals surface area contributed by atoms with E-state index in [1.165, 1.54) is 0 Å². The van der Waals surface area contributed by atoms with E-state index in [4.69, 9.17) is 11.6 Å². The summed E-state index contributed by atoms with van der Waals surface area (Å²) in [7, 11) is -3.44. The topological polar surface area (TPSA) is 46.2 Å². The fourth-order valence-corrected chi connectivity index (χ4v) is 3.49. The molecule has 0 radical (unpaired) electrons. The Morgan fingerprint density at radius 2 is 1.88 bits per heavy atom. The summed E-state index contributed by atoms with van der Waals surface area (Å²) in [6.07, 6.45) is 0.604. The molecule has 0 aliphatic rings. The van der Waals surface area contributed by atoms with Crippen LogP contribution in [0.2, 0.25) is 0 Å². The average molecular weight is 276 g/mol. The van der Waals surface area contributed by atoms with E-state index in [-0.39, 0.29) is 11.4 Å². The number of sulfonamides is 1. The summed E-state index contributed by atoms with van der Waals surface area (Å²) < 4.78 is 26.8. The van der Waals surface area contributed by atoms with E-state index in [0.717, 1.165) is 5.56 Å². The van der Waals surface area contributed by atoms with Gasteiger partial charge < -0.3 is 0 Å². The van der Waals surface area contributed by atoms with Crippen molar-refractivity contribution >= 4 is 21.6 Å². The van der Waals surface area contributed by atoms with Gasteiger partial charge in [0.05, 0.1) is 4.90 Å². The number of aryl methyl sites for hydroxylation is 1. The number of halogens is 1. The van der Waals surface area contributed by atoms with Gasteiger partial charge in [-0.15, -0.1) is 11.6 Å². The second-order valence-electron chi connectivity index (χ2n) is 4.30. The maximum atomic E-state index is 12.1. The van der Waals surface area contributed by atoms with Crippen LogP contribution in [0.1, 0.15) is 25.8 Å². The summed E-state index contributed by atoms with van der Waals surface area (Å²) in [4.78, 5) is 0.328. The van der Waals surface area contributed by atoms with Crippen LogP contribution < -0.4 is 4.72 Å². The minimum atomic E-state index is -3.44. The van der Waals surface area contributed by atoms with Crippen molar-refractivity contribution in [3.8, 4) is 0 Å². The molecule has 1 aromatic rings. The zero-order chi connectivity index (χ0) is 13.1. The Bertz CT molecular complexity index is 471. The molecule has 1 N–H and O–H groups in total. The first-order chi connectivity index (χ1) is 7.83. The number of alkyl halides is 1. The van der Waals surface area contributed by atoms with Gasteiger partial charge in [0.25, 0.3) is 0 Å². The van der Waals surface area contributed by atoms with E-state index < -0.39 is 10.0 Å². The van der Waals surface area contributed by atoms with Crippen LogP contribution in [-0.2, 0) is 10.0 Å². The number of nitrogens with one attached hydrogen (secondary N) is 1. The number of hydrogen-bond acceptors (Lipinski definition) is 2. The smallest absolute Gasteiger partial charge is 0.208 e. The van der Waals surface area contributed by atoms with E-state index in [0.29, 0.717) is 11.3 Å². The van der Waals surface area contributed by atoms with Gasteiger partial charge in [0, 0.05) is 11.4 Å². The van der Waals surface area contributed by atoms with Crippen molar-refractivity contribution < 1.29 is 8.42 Å². The number of hydrogen-bond donors (Lipinski definition) is 1. The second kappa shape index (κ2) is 5.85. The summed E-state index contributed by atoms with van der Waals surface area (Å²) >= 11 is 5.84. The number of benzene rings is 1. The van der Waals surface area contributed by atoms with Crippen LogP contribution in [0, 0.1) is 6.92 Å². The predicted molar refractivity (Wildman–Crippen MR) is 70.9 cm³/mol. The molecule has 1 aromatic carbocycles. The molecule has 5 heteroatoms. The van der Waals surface area contributed by atoms with Gasteiger partial charge in [-0.2, -0.15) is 0 Å². The molecule has 0 aliphatic heterocycles. The van der Waals surface area contributed by atoms with Crippen molar-refractivity contribution in [1.29, 1.82) is 0 Å². The fourth-order valence-electron chi connectivity index (χ4n) is 1.72. The van der Waals surface area contributed by atoms with Gasteiger partial charge in [-0.05, 0) is 38.8 Å². The van der Waals surface area contributed by atoms with Gasteiger partial charge in [0.1, 0.15) is 0 Å². The number of rotatable bonds is 5. The Kier molecular flexibility index (Phi) is 4.98. The first-order valence-electron chi connectivity index (χ1n) is 5.55. The lowest BCUT2D eigenvalue weighted by molar-refractivity contribution is 0.545. The van der Waals surface area contributed by atoms with Gasteiger partial charge in [-0.25, -0.2) is 13.1 Å². The van der Waals surface area contributed by atoms with Crippen molar-refractivity contribution in [2.45, 2.75) is 43.5 Å². The van der Waals surface area contributed by atoms with Crippen molar-refractivity contribution in [1.82, 2.24) is 4.72 Å². The Morgan fingerprint density at radius 3 is 2.41 bits per heavy atom. The molecule has 17 heavy (non-hydrogen) atoms. The molecule has 0 spiro atoms. The minimum Gasteiger partial charge on any atom is -0.208 e. The van der Waals surface area contributed by atoms with Crippen LogP contribution >= 0.6 is 11.6 Å². The Balaban J connectivity index is 2.86. The zero-order valence-corrected chi connectivity index (χ0v) is 11.8. The molecule has 1 rings (SSSR count). The van der Waals surface area contributed by atoms with E-state index in [1.807, 2.05) is 19.9 Å². The van der Waals surface area contributed by atoms with Crippen LogP contribution in [0.15, 0.2) is 29.2 Å². The average Bonchev–Trinajstić information content (AvgIpc) is 2.15. The van der Waals surface area contributed by atoms with Crippen molar-refractivity contribution in [3.63, 3.8) is 0 Å². The summed E-state index contributed by atoms with van der Waals surface area (Å²) in [5.41, 5.74) is 0.742. The van der Waals surface area contributed by atoms with Gasteiger partial charge >= 0.3 is 0 Å². The van der Waals surface area contributed by atoms with Gasteiger partial charge in [-0.1, -0.05) is 18.2 Å². The minimum absolute atomic E-state index is 0.0513. The molecule has 96 valence electrons. The van der Waals surface area contributed by atoms with Gasteiger partial charge in [0.2, 0.25) is 10.0 Å². The maximum Gasteiger partial charge on any atom is 0.241 e. The molecular formula is C12H18ClNO2S. The highest BCUT2D eigenvalue weighted by Gasteiger charge is 2.19. The van der Waals surface area contributed by atoms with Crippen LogP contribution in [0.4, 0.5) is 0 Å². The molecule has 2 atom stereocenters. The van der Waals surface area contributed by atoms with Crippen LogP contribution in [0.5, 0.6) is 0 Å². The Hall–Kier alpha value is -0.580. The standard InChI is InChI=1S/C12H18ClNO2S/c1-9-6-4-5-7-12(9)17(15,16)14-11(3)8-10(2)13/h4-7,10-11,14H,8H2,1-3H3. The molecule has 0 amide bonds. The first kappa shape index (κ1) is 14.5. The lowest BCUT2D eigenvalue weighted by Gasteiger charge is -2.16. The molecule has 0 saturated heterocycles. The second-order valence-corrected chi connectivity index (χ2v) is 6.73. The SMILES string of the molecule is Cc1ccccc1S(=O)(=O)NC(C)CC(C)Cl. The molecule has 2 unspecified atom stereocenters. The van der Waals surface area contributed by atoms with Crippen LogP contribution in [0.25, 0.3) is 0 Å². The van der Waals surface area contributed by atoms with Gasteiger partial charge in [-0.3, -0.25) is 0 Å². The van der Waals surface area contributed by atoms with Crippen LogP contribution in [0.3, 0.4) is 0 Å². The molecule has 0 fully saturated rings. The molecule has 0 heterocycles. The van der Waals surface area contributed by atoms with Crippen molar-refractivity contribution in [3.05, 3.63) is 29.8 Å². The largest absolute Gasteiger partial charge is 0.241 e. The third-order valence-corrected chi connectivity index (χ3v) is 4.35. The third-order valence-electron chi connectivity index (χ3n) is 2.42. The monoisotopic (exact) mass is 275 g/mol. The molecule has 0 saturated carbocycles. The lowest BCUT2D eigenvalue weighted by atomic mass is 10.2. The first-order valence-corrected chi connectivity index (χ1v) is 7.47. The van der Waals surface area contributed by atoms with E-state index in [1.54, 1.807) is 25.1 Å². The molecular weight excluding hydrogens is 258 g/mol. The highest BCUT2D eigenvalue weighted by Crippen LogP contribution is 2.15. The maximum absolute atomic E-state index is 12.1. The lowest BCUT2D eigenvalue weighted by Crippen LogP contribution is -2.34. The highest BCUT2D eigenvalue weighted by atomic mass is 35.5. The summed E-state index contributed by atoms with van der Waals surface area (Å²) in [6.45, 7) is 5.44. The normalized spacial score (nSPS) is 15.5. The van der Waals surface area contributed by atoms with Crippen LogP contribution in [-0.4, -0.2) is 19.8 Å². The van der Waals surface area contributed by atoms with Crippen molar-refractivity contribution in [2.24, 2.45) is 0 Å². The van der Waals surface area contributed by atoms with Gasteiger partial charge in [0.15, 0.2) is 0 Å². The Morgan fingerprint density at radius 1 is 1.29 bits per heavy atom. The fraction of sp³-hybridized carbons (Fsp3) is 0.500. The van der Waals surface area contributed by atoms with Crippen molar-refractivity contribution in [2.75, 3.05) is 0 Å². The van der Waals surface area contributed by atoms with E-state index >= 15 is 0 Å². The molecule has 0 aromatic heterocycles. The summed E-state index contributed by atoms with van der Waals surface area (Å²) in [6, 6.07) is 6.75. The summed E-state index contributed by atoms with van der Waals surface area (Å²) in [5, 5.41) is -0.0513. The third kappa shape index (κ3) is 4.30. The zero-order valence-electron chi connectivity index (χ0n) is 10.3. The predicted octanol–water partition coefficient (Wildman–Crippen LogP) is 2.68. The highest BCUT2D eigenvalue weighted by molar-refractivity contribution is 7.89. The molecule has 3 nitrogen and oxygen atoms in total.